The molecule has 3 rings (SSSR count). The second-order valence-corrected chi connectivity index (χ2v) is 7.81. The van der Waals surface area contributed by atoms with Crippen molar-refractivity contribution in [1.82, 2.24) is 14.7 Å². The van der Waals surface area contributed by atoms with Crippen LogP contribution in [0.3, 0.4) is 0 Å². The van der Waals surface area contributed by atoms with Gasteiger partial charge in [-0.15, -0.1) is 11.3 Å². The number of nitrogens with one attached hydrogen (secondary N) is 1. The molecule has 1 saturated carbocycles. The summed E-state index contributed by atoms with van der Waals surface area (Å²) in [4.78, 5) is 8.60. The lowest BCUT2D eigenvalue weighted by molar-refractivity contribution is 0.511. The van der Waals surface area contributed by atoms with Crippen LogP contribution in [0.4, 0.5) is 0 Å². The number of aromatic nitrogens is 2. The Bertz CT molecular complexity index is 694. The van der Waals surface area contributed by atoms with Gasteiger partial charge < -0.3 is 0 Å². The zero-order valence-electron chi connectivity index (χ0n) is 11.0. The molecule has 0 radical (unpaired) electrons. The van der Waals surface area contributed by atoms with Crippen LogP contribution in [0, 0.1) is 12.8 Å². The van der Waals surface area contributed by atoms with Crippen molar-refractivity contribution in [2.24, 2.45) is 5.92 Å². The number of nitrogens with zero attached hydrogens (tertiary/aromatic N) is 2. The lowest BCUT2D eigenvalue weighted by Gasteiger charge is -2.16. The first-order chi connectivity index (χ1) is 9.56. The lowest BCUT2D eigenvalue weighted by Crippen LogP contribution is -2.30. The van der Waals surface area contributed by atoms with Crippen LogP contribution >= 0.6 is 11.3 Å². The van der Waals surface area contributed by atoms with E-state index in [-0.39, 0.29) is 6.04 Å². The fourth-order valence-electron chi connectivity index (χ4n) is 2.05. The van der Waals surface area contributed by atoms with Crippen LogP contribution in [0.1, 0.15) is 30.4 Å². The average Bonchev–Trinajstić information content (AvgIpc) is 3.08. The van der Waals surface area contributed by atoms with E-state index < -0.39 is 10.0 Å². The lowest BCUT2D eigenvalue weighted by atomic mass is 10.2. The predicted molar refractivity (Wildman–Crippen MR) is 76.9 cm³/mol. The maximum absolute atomic E-state index is 12.3. The molecule has 0 spiro atoms. The minimum Gasteiger partial charge on any atom is -0.240 e. The van der Waals surface area contributed by atoms with Gasteiger partial charge in [-0.2, -0.15) is 4.72 Å². The van der Waals surface area contributed by atoms with E-state index in [9.17, 15) is 8.42 Å². The highest BCUT2D eigenvalue weighted by Crippen LogP contribution is 2.40. The number of hydrogen-bond acceptors (Lipinski definition) is 5. The molecule has 1 fully saturated rings. The summed E-state index contributed by atoms with van der Waals surface area (Å²) in [5.74, 6) is 0.860. The van der Waals surface area contributed by atoms with E-state index in [1.54, 1.807) is 29.8 Å². The summed E-state index contributed by atoms with van der Waals surface area (Å²) in [6, 6.07) is 4.81. The van der Waals surface area contributed by atoms with Crippen molar-refractivity contribution < 1.29 is 8.42 Å². The number of rotatable bonds is 5. The Kier molecular flexibility index (Phi) is 3.57. The molecule has 5 nitrogen and oxygen atoms in total. The predicted octanol–water partition coefficient (Wildman–Crippen LogP) is 2.28. The topological polar surface area (TPSA) is 72.0 Å². The van der Waals surface area contributed by atoms with E-state index in [1.807, 2.05) is 6.92 Å². The number of aryl methyl sites for hydroxylation is 1. The summed E-state index contributed by atoms with van der Waals surface area (Å²) in [5, 5.41) is 1.75. The molecule has 0 saturated heterocycles. The highest BCUT2D eigenvalue weighted by atomic mass is 32.2. The second kappa shape index (κ2) is 5.23. The molecule has 0 bridgehead atoms. The molecule has 1 atom stereocenters. The van der Waals surface area contributed by atoms with Crippen LogP contribution < -0.4 is 4.72 Å². The average molecular weight is 309 g/mol. The molecule has 1 N–H and O–H groups in total. The van der Waals surface area contributed by atoms with E-state index in [2.05, 4.69) is 14.7 Å². The van der Waals surface area contributed by atoms with Gasteiger partial charge >= 0.3 is 0 Å². The first-order valence-electron chi connectivity index (χ1n) is 6.41. The molecule has 2 aromatic heterocycles. The first kappa shape index (κ1) is 13.7. The second-order valence-electron chi connectivity index (χ2n) is 4.92. The van der Waals surface area contributed by atoms with Crippen molar-refractivity contribution in [3.05, 3.63) is 41.3 Å². The molecule has 1 aliphatic carbocycles. The van der Waals surface area contributed by atoms with Crippen LogP contribution in [0.15, 0.2) is 34.0 Å². The van der Waals surface area contributed by atoms with E-state index in [1.165, 1.54) is 11.3 Å². The summed E-state index contributed by atoms with van der Waals surface area (Å²) in [6.45, 7) is 1.88. The monoisotopic (exact) mass is 309 g/mol. The van der Waals surface area contributed by atoms with Gasteiger partial charge in [0.05, 0.1) is 6.04 Å². The van der Waals surface area contributed by atoms with Crippen molar-refractivity contribution >= 4 is 21.4 Å². The quantitative estimate of drug-likeness (QED) is 0.919. The summed E-state index contributed by atoms with van der Waals surface area (Å²) in [7, 11) is -3.49. The zero-order valence-corrected chi connectivity index (χ0v) is 12.6. The van der Waals surface area contributed by atoms with Crippen molar-refractivity contribution in [3.8, 4) is 0 Å². The Morgan fingerprint density at radius 1 is 1.40 bits per heavy atom. The maximum Gasteiger partial charge on any atom is 0.250 e. The van der Waals surface area contributed by atoms with Crippen molar-refractivity contribution in [2.75, 3.05) is 0 Å². The molecular formula is C13H15N3O2S2. The Morgan fingerprint density at radius 2 is 2.20 bits per heavy atom. The number of hydrogen-bond donors (Lipinski definition) is 1. The fourth-order valence-corrected chi connectivity index (χ4v) is 4.32. The van der Waals surface area contributed by atoms with Gasteiger partial charge in [-0.25, -0.2) is 18.4 Å². The van der Waals surface area contributed by atoms with Crippen LogP contribution in [0.5, 0.6) is 0 Å². The van der Waals surface area contributed by atoms with Gasteiger partial charge in [0.15, 0.2) is 0 Å². The molecule has 0 aliphatic heterocycles. The maximum atomic E-state index is 12.3. The van der Waals surface area contributed by atoms with Gasteiger partial charge in [0.1, 0.15) is 10.0 Å². The van der Waals surface area contributed by atoms with Crippen LogP contribution in [0.2, 0.25) is 0 Å². The first-order valence-corrected chi connectivity index (χ1v) is 8.78. The van der Waals surface area contributed by atoms with Gasteiger partial charge in [-0.1, -0.05) is 6.07 Å². The SMILES string of the molecule is Cc1ccnc([C@@H](NS(=O)(=O)c2cccs2)C2CC2)n1. The fraction of sp³-hybridized carbons (Fsp3) is 0.385. The minimum absolute atomic E-state index is 0.298. The summed E-state index contributed by atoms with van der Waals surface area (Å²) in [6.07, 6.45) is 3.69. The van der Waals surface area contributed by atoms with Crippen molar-refractivity contribution in [2.45, 2.75) is 30.0 Å². The van der Waals surface area contributed by atoms with Gasteiger partial charge in [-0.3, -0.25) is 0 Å². The van der Waals surface area contributed by atoms with E-state index in [0.29, 0.717) is 16.0 Å². The molecular weight excluding hydrogens is 294 g/mol. The van der Waals surface area contributed by atoms with Crippen molar-refractivity contribution in [3.63, 3.8) is 0 Å². The molecule has 7 heteroatoms. The molecule has 20 heavy (non-hydrogen) atoms. The Balaban J connectivity index is 1.89. The highest BCUT2D eigenvalue weighted by molar-refractivity contribution is 7.91. The number of sulfonamides is 1. The highest BCUT2D eigenvalue weighted by Gasteiger charge is 2.37. The minimum atomic E-state index is -3.49. The molecule has 1 aliphatic rings. The van der Waals surface area contributed by atoms with Crippen LogP contribution in [-0.2, 0) is 10.0 Å². The summed E-state index contributed by atoms with van der Waals surface area (Å²) < 4.78 is 27.8. The third-order valence-electron chi connectivity index (χ3n) is 3.23. The van der Waals surface area contributed by atoms with Gasteiger partial charge in [0.25, 0.3) is 10.0 Å². The molecule has 106 valence electrons. The van der Waals surface area contributed by atoms with E-state index >= 15 is 0 Å². The normalized spacial score (nSPS) is 17.1. The molecule has 0 unspecified atom stereocenters. The van der Waals surface area contributed by atoms with Gasteiger partial charge in [-0.05, 0) is 43.2 Å². The Labute approximate surface area is 122 Å². The molecule has 2 aromatic rings. The summed E-state index contributed by atoms with van der Waals surface area (Å²) >= 11 is 1.21. The number of thiophene rings is 1. The largest absolute Gasteiger partial charge is 0.250 e. The van der Waals surface area contributed by atoms with Gasteiger partial charge in [0, 0.05) is 11.9 Å². The molecule has 0 aromatic carbocycles. The smallest absolute Gasteiger partial charge is 0.240 e. The third kappa shape index (κ3) is 2.89. The van der Waals surface area contributed by atoms with Crippen LogP contribution in [0.25, 0.3) is 0 Å². The molecule has 0 amide bonds. The van der Waals surface area contributed by atoms with E-state index in [0.717, 1.165) is 18.5 Å². The van der Waals surface area contributed by atoms with Gasteiger partial charge in [0.2, 0.25) is 0 Å². The standard InChI is InChI=1S/C13H15N3O2S2/c1-9-6-7-14-13(15-9)12(10-4-5-10)16-20(17,18)11-3-2-8-19-11/h2-3,6-8,10,12,16H,4-5H2,1H3/t12-/m0/s1. The zero-order chi connectivity index (χ0) is 14.2. The van der Waals surface area contributed by atoms with E-state index in [4.69, 9.17) is 0 Å². The molecule has 2 heterocycles. The van der Waals surface area contributed by atoms with Crippen LogP contribution in [-0.4, -0.2) is 18.4 Å². The Hall–Kier alpha value is -1.31. The Morgan fingerprint density at radius 3 is 2.80 bits per heavy atom. The third-order valence-corrected chi connectivity index (χ3v) is 6.07. The summed E-state index contributed by atoms with van der Waals surface area (Å²) in [5.41, 5.74) is 0.843. The van der Waals surface area contributed by atoms with Crippen molar-refractivity contribution in [1.29, 1.82) is 0 Å².